The van der Waals surface area contributed by atoms with E-state index in [2.05, 4.69) is 5.32 Å². The highest BCUT2D eigenvalue weighted by Crippen LogP contribution is 2.22. The zero-order valence-electron chi connectivity index (χ0n) is 11.5. The van der Waals surface area contributed by atoms with E-state index in [4.69, 9.17) is 10.5 Å². The summed E-state index contributed by atoms with van der Waals surface area (Å²) in [6.45, 7) is 8.15. The second-order valence-electron chi connectivity index (χ2n) is 5.35. The number of nitrogens with two attached hydrogens (primary N) is 1. The Bertz CT molecular complexity index is 422. The van der Waals surface area contributed by atoms with Crippen LogP contribution in [0.5, 0.6) is 5.75 Å². The third-order valence-electron chi connectivity index (χ3n) is 2.38. The van der Waals surface area contributed by atoms with Crippen LogP contribution in [0.25, 0.3) is 0 Å². The molecule has 0 aliphatic rings. The van der Waals surface area contributed by atoms with E-state index in [9.17, 15) is 4.79 Å². The number of hydrogen-bond donors (Lipinski definition) is 2. The largest absolute Gasteiger partial charge is 0.483 e. The standard InChI is InChI=1S/C14H22N2O2/c1-10-6-5-7-11(8-15)13(10)18-9-12(17)16-14(2,3)4/h5-7H,8-9,15H2,1-4H3,(H,16,17). The smallest absolute Gasteiger partial charge is 0.258 e. The third kappa shape index (κ3) is 4.37. The van der Waals surface area contributed by atoms with Gasteiger partial charge in [-0.2, -0.15) is 0 Å². The molecule has 100 valence electrons. The van der Waals surface area contributed by atoms with E-state index in [0.717, 1.165) is 11.1 Å². The van der Waals surface area contributed by atoms with Gasteiger partial charge in [-0.05, 0) is 33.3 Å². The first-order valence-corrected chi connectivity index (χ1v) is 6.06. The van der Waals surface area contributed by atoms with E-state index in [1.807, 2.05) is 45.9 Å². The molecule has 0 saturated heterocycles. The number of carbonyl (C=O) groups excluding carboxylic acids is 1. The SMILES string of the molecule is Cc1cccc(CN)c1OCC(=O)NC(C)(C)C. The Labute approximate surface area is 109 Å². The number of hydrogen-bond acceptors (Lipinski definition) is 3. The summed E-state index contributed by atoms with van der Waals surface area (Å²) in [4.78, 5) is 11.7. The topological polar surface area (TPSA) is 64.3 Å². The molecule has 18 heavy (non-hydrogen) atoms. The van der Waals surface area contributed by atoms with Crippen LogP contribution in [0.3, 0.4) is 0 Å². The lowest BCUT2D eigenvalue weighted by Gasteiger charge is -2.21. The summed E-state index contributed by atoms with van der Waals surface area (Å²) in [5.41, 5.74) is 7.30. The monoisotopic (exact) mass is 250 g/mol. The van der Waals surface area contributed by atoms with Crippen LogP contribution in [0.2, 0.25) is 0 Å². The lowest BCUT2D eigenvalue weighted by Crippen LogP contribution is -2.43. The van der Waals surface area contributed by atoms with Crippen molar-refractivity contribution in [2.45, 2.75) is 39.8 Å². The Hall–Kier alpha value is -1.55. The zero-order valence-corrected chi connectivity index (χ0v) is 11.5. The Kier molecular flexibility index (Phi) is 4.73. The highest BCUT2D eigenvalue weighted by atomic mass is 16.5. The summed E-state index contributed by atoms with van der Waals surface area (Å²) >= 11 is 0. The molecule has 1 aromatic carbocycles. The Morgan fingerprint density at radius 1 is 1.39 bits per heavy atom. The molecule has 0 saturated carbocycles. The van der Waals surface area contributed by atoms with Gasteiger partial charge in [0.05, 0.1) is 0 Å². The maximum Gasteiger partial charge on any atom is 0.258 e. The van der Waals surface area contributed by atoms with Crippen LogP contribution >= 0.6 is 0 Å². The van der Waals surface area contributed by atoms with E-state index < -0.39 is 0 Å². The minimum absolute atomic E-state index is 0.00905. The minimum atomic E-state index is -0.247. The highest BCUT2D eigenvalue weighted by molar-refractivity contribution is 5.78. The second kappa shape index (κ2) is 5.87. The van der Waals surface area contributed by atoms with E-state index in [-0.39, 0.29) is 18.1 Å². The number of nitrogens with one attached hydrogen (secondary N) is 1. The van der Waals surface area contributed by atoms with E-state index >= 15 is 0 Å². The number of aryl methyl sites for hydroxylation is 1. The molecular formula is C14H22N2O2. The van der Waals surface area contributed by atoms with Gasteiger partial charge in [0.25, 0.3) is 5.91 Å². The van der Waals surface area contributed by atoms with Crippen LogP contribution in [0, 0.1) is 6.92 Å². The molecule has 4 heteroatoms. The molecule has 0 aliphatic carbocycles. The van der Waals surface area contributed by atoms with Gasteiger partial charge in [0.15, 0.2) is 6.61 Å². The predicted molar refractivity (Wildman–Crippen MR) is 72.5 cm³/mol. The van der Waals surface area contributed by atoms with Crippen LogP contribution in [-0.4, -0.2) is 18.1 Å². The first kappa shape index (κ1) is 14.5. The van der Waals surface area contributed by atoms with Gasteiger partial charge >= 0.3 is 0 Å². The van der Waals surface area contributed by atoms with Gasteiger partial charge in [0.2, 0.25) is 0 Å². The lowest BCUT2D eigenvalue weighted by atomic mass is 10.1. The molecular weight excluding hydrogens is 228 g/mol. The van der Waals surface area contributed by atoms with Crippen molar-refractivity contribution in [2.24, 2.45) is 5.73 Å². The van der Waals surface area contributed by atoms with Gasteiger partial charge in [0.1, 0.15) is 5.75 Å². The van der Waals surface area contributed by atoms with Crippen molar-refractivity contribution >= 4 is 5.91 Å². The van der Waals surface area contributed by atoms with Crippen molar-refractivity contribution in [3.63, 3.8) is 0 Å². The van der Waals surface area contributed by atoms with Gasteiger partial charge < -0.3 is 15.8 Å². The molecule has 0 aliphatic heterocycles. The number of benzene rings is 1. The highest BCUT2D eigenvalue weighted by Gasteiger charge is 2.15. The van der Waals surface area contributed by atoms with Crippen molar-refractivity contribution in [1.82, 2.24) is 5.32 Å². The van der Waals surface area contributed by atoms with Crippen LogP contribution in [-0.2, 0) is 11.3 Å². The van der Waals surface area contributed by atoms with Gasteiger partial charge in [-0.25, -0.2) is 0 Å². The molecule has 1 rings (SSSR count). The number of amides is 1. The van der Waals surface area contributed by atoms with Crippen LogP contribution in [0.4, 0.5) is 0 Å². The molecule has 0 heterocycles. The van der Waals surface area contributed by atoms with Crippen molar-refractivity contribution in [3.05, 3.63) is 29.3 Å². The van der Waals surface area contributed by atoms with Crippen LogP contribution in [0.15, 0.2) is 18.2 Å². The molecule has 1 aromatic rings. The average Bonchev–Trinajstić information content (AvgIpc) is 2.24. The minimum Gasteiger partial charge on any atom is -0.483 e. The summed E-state index contributed by atoms with van der Waals surface area (Å²) in [6.07, 6.45) is 0. The maximum absolute atomic E-state index is 11.7. The average molecular weight is 250 g/mol. The Morgan fingerprint density at radius 2 is 2.06 bits per heavy atom. The molecule has 3 N–H and O–H groups in total. The molecule has 0 spiro atoms. The fraction of sp³-hybridized carbons (Fsp3) is 0.500. The molecule has 1 amide bonds. The summed E-state index contributed by atoms with van der Waals surface area (Å²) in [5.74, 6) is 0.581. The first-order valence-electron chi connectivity index (χ1n) is 6.06. The Balaban J connectivity index is 2.66. The number of carbonyl (C=O) groups is 1. The molecule has 0 radical (unpaired) electrons. The summed E-state index contributed by atoms with van der Waals surface area (Å²) in [5, 5.41) is 2.85. The van der Waals surface area contributed by atoms with Crippen LogP contribution < -0.4 is 15.8 Å². The van der Waals surface area contributed by atoms with Crippen molar-refractivity contribution < 1.29 is 9.53 Å². The van der Waals surface area contributed by atoms with Gasteiger partial charge in [-0.1, -0.05) is 18.2 Å². The second-order valence-corrected chi connectivity index (χ2v) is 5.35. The molecule has 4 nitrogen and oxygen atoms in total. The summed E-state index contributed by atoms with van der Waals surface area (Å²) < 4.78 is 5.57. The van der Waals surface area contributed by atoms with Crippen LogP contribution in [0.1, 0.15) is 31.9 Å². The van der Waals surface area contributed by atoms with Crippen molar-refractivity contribution in [3.8, 4) is 5.75 Å². The normalized spacial score (nSPS) is 11.2. The van der Waals surface area contributed by atoms with Crippen molar-refractivity contribution in [2.75, 3.05) is 6.61 Å². The number of para-hydroxylation sites is 1. The number of ether oxygens (including phenoxy) is 1. The molecule has 0 aromatic heterocycles. The van der Waals surface area contributed by atoms with Gasteiger partial charge in [-0.3, -0.25) is 4.79 Å². The fourth-order valence-electron chi connectivity index (χ4n) is 1.67. The summed E-state index contributed by atoms with van der Waals surface area (Å²) in [6, 6.07) is 5.78. The first-order chi connectivity index (χ1) is 8.33. The molecule has 0 bridgehead atoms. The maximum atomic E-state index is 11.7. The van der Waals surface area contributed by atoms with Crippen molar-refractivity contribution in [1.29, 1.82) is 0 Å². The molecule has 0 fully saturated rings. The summed E-state index contributed by atoms with van der Waals surface area (Å²) in [7, 11) is 0. The molecule has 0 unspecified atom stereocenters. The van der Waals surface area contributed by atoms with E-state index in [0.29, 0.717) is 12.3 Å². The van der Waals surface area contributed by atoms with E-state index in [1.54, 1.807) is 0 Å². The fourth-order valence-corrected chi connectivity index (χ4v) is 1.67. The lowest BCUT2D eigenvalue weighted by molar-refractivity contribution is -0.124. The van der Waals surface area contributed by atoms with E-state index in [1.165, 1.54) is 0 Å². The quantitative estimate of drug-likeness (QED) is 0.855. The van der Waals surface area contributed by atoms with Gasteiger partial charge in [0, 0.05) is 17.6 Å². The Morgan fingerprint density at radius 3 is 2.61 bits per heavy atom. The zero-order chi connectivity index (χ0) is 13.8. The predicted octanol–water partition coefficient (Wildman–Crippen LogP) is 1.75. The number of rotatable bonds is 4. The molecule has 0 atom stereocenters. The van der Waals surface area contributed by atoms with Gasteiger partial charge in [-0.15, -0.1) is 0 Å². The third-order valence-corrected chi connectivity index (χ3v) is 2.38.